The van der Waals surface area contributed by atoms with E-state index in [1.165, 1.54) is 0 Å². The van der Waals surface area contributed by atoms with E-state index in [9.17, 15) is 0 Å². The van der Waals surface area contributed by atoms with E-state index < -0.39 is 0 Å². The molecule has 13 heavy (non-hydrogen) atoms. The van der Waals surface area contributed by atoms with Crippen LogP contribution in [0.1, 0.15) is 16.8 Å². The number of terminal acetylenes is 1. The molecular formula is C12H11N. The molecule has 1 nitrogen and oxygen atoms in total. The van der Waals surface area contributed by atoms with Gasteiger partial charge < -0.3 is 0 Å². The Morgan fingerprint density at radius 2 is 2.38 bits per heavy atom. The van der Waals surface area contributed by atoms with E-state index in [2.05, 4.69) is 17.5 Å². The number of aromatic nitrogens is 1. The lowest BCUT2D eigenvalue weighted by Gasteiger charge is -1.99. The molecule has 0 aromatic carbocycles. The minimum atomic E-state index is 0.800. The predicted molar refractivity (Wildman–Crippen MR) is 56.1 cm³/mol. The molecule has 0 radical (unpaired) electrons. The minimum Gasteiger partial charge on any atom is -0.260 e. The van der Waals surface area contributed by atoms with Crippen LogP contribution >= 0.6 is 0 Å². The molecule has 1 aromatic rings. The molecule has 64 valence electrons. The third kappa shape index (κ3) is 2.31. The van der Waals surface area contributed by atoms with E-state index in [0.29, 0.717) is 0 Å². The fourth-order valence-electron chi connectivity index (χ4n) is 0.970. The Labute approximate surface area is 78.8 Å². The fraction of sp³-hybridized carbons (Fsp3) is 0.0833. The summed E-state index contributed by atoms with van der Waals surface area (Å²) in [6.45, 7) is 5.55. The van der Waals surface area contributed by atoms with Crippen LogP contribution in [0.2, 0.25) is 0 Å². The Kier molecular flexibility index (Phi) is 3.05. The standard InChI is InChI=1S/C12H11N/c1-4-6-7-12-8-11(5-2)9-13-10(12)3/h2,4,6-9H,1H2,3H3/b7-6-. The summed E-state index contributed by atoms with van der Waals surface area (Å²) in [7, 11) is 0. The van der Waals surface area contributed by atoms with Crippen LogP contribution in [0.15, 0.2) is 31.0 Å². The van der Waals surface area contributed by atoms with Crippen molar-refractivity contribution < 1.29 is 0 Å². The predicted octanol–water partition coefficient (Wildman–Crippen LogP) is 2.57. The van der Waals surface area contributed by atoms with Crippen molar-refractivity contribution >= 4 is 6.08 Å². The summed E-state index contributed by atoms with van der Waals surface area (Å²) < 4.78 is 0. The molecule has 0 bridgehead atoms. The van der Waals surface area contributed by atoms with Gasteiger partial charge in [-0.1, -0.05) is 30.7 Å². The zero-order chi connectivity index (χ0) is 9.68. The Morgan fingerprint density at radius 1 is 1.62 bits per heavy atom. The lowest BCUT2D eigenvalue weighted by atomic mass is 10.1. The van der Waals surface area contributed by atoms with Crippen molar-refractivity contribution in [3.63, 3.8) is 0 Å². The lowest BCUT2D eigenvalue weighted by Crippen LogP contribution is -1.87. The summed E-state index contributed by atoms with van der Waals surface area (Å²) >= 11 is 0. The van der Waals surface area contributed by atoms with Crippen LogP contribution in [0.3, 0.4) is 0 Å². The van der Waals surface area contributed by atoms with Crippen LogP contribution < -0.4 is 0 Å². The van der Waals surface area contributed by atoms with Gasteiger partial charge in [0, 0.05) is 17.5 Å². The van der Waals surface area contributed by atoms with Crippen molar-refractivity contribution in [2.45, 2.75) is 6.92 Å². The summed E-state index contributed by atoms with van der Waals surface area (Å²) in [6.07, 6.45) is 12.5. The zero-order valence-electron chi connectivity index (χ0n) is 7.62. The average Bonchev–Trinajstić information content (AvgIpc) is 2.17. The second-order valence-electron chi connectivity index (χ2n) is 2.64. The number of rotatable bonds is 2. The van der Waals surface area contributed by atoms with E-state index in [0.717, 1.165) is 16.8 Å². The number of hydrogen-bond donors (Lipinski definition) is 0. The van der Waals surface area contributed by atoms with Gasteiger partial charge >= 0.3 is 0 Å². The highest BCUT2D eigenvalue weighted by Gasteiger charge is 1.95. The molecule has 0 N–H and O–H groups in total. The van der Waals surface area contributed by atoms with E-state index in [-0.39, 0.29) is 0 Å². The summed E-state index contributed by atoms with van der Waals surface area (Å²) in [6, 6.07) is 1.93. The molecule has 1 aromatic heterocycles. The second-order valence-corrected chi connectivity index (χ2v) is 2.64. The smallest absolute Gasteiger partial charge is 0.0445 e. The first-order chi connectivity index (χ1) is 6.27. The molecule has 1 heteroatoms. The molecule has 1 rings (SSSR count). The van der Waals surface area contributed by atoms with Crippen LogP contribution in [0.25, 0.3) is 6.08 Å². The third-order valence-corrected chi connectivity index (χ3v) is 1.70. The molecule has 0 amide bonds. The van der Waals surface area contributed by atoms with Gasteiger partial charge in [-0.05, 0) is 18.6 Å². The van der Waals surface area contributed by atoms with Crippen molar-refractivity contribution in [3.8, 4) is 12.3 Å². The average molecular weight is 169 g/mol. The molecule has 0 fully saturated rings. The quantitative estimate of drug-likeness (QED) is 0.490. The first-order valence-electron chi connectivity index (χ1n) is 4.00. The van der Waals surface area contributed by atoms with Gasteiger partial charge in [0.1, 0.15) is 0 Å². The maximum absolute atomic E-state index is 5.26. The molecular weight excluding hydrogens is 158 g/mol. The minimum absolute atomic E-state index is 0.800. The van der Waals surface area contributed by atoms with Gasteiger partial charge in [0.15, 0.2) is 0 Å². The molecule has 0 aliphatic heterocycles. The molecule has 0 saturated heterocycles. The van der Waals surface area contributed by atoms with Gasteiger partial charge in [-0.15, -0.1) is 6.42 Å². The molecule has 0 aliphatic carbocycles. The van der Waals surface area contributed by atoms with E-state index in [1.807, 2.05) is 25.1 Å². The Bertz CT molecular complexity index is 381. The first-order valence-corrected chi connectivity index (χ1v) is 4.00. The van der Waals surface area contributed by atoms with Gasteiger partial charge in [0.25, 0.3) is 0 Å². The SMILES string of the molecule is C#Cc1cnc(C)c(/C=C\C=C)c1. The topological polar surface area (TPSA) is 12.9 Å². The highest BCUT2D eigenvalue weighted by atomic mass is 14.7. The van der Waals surface area contributed by atoms with Crippen LogP contribution in [-0.4, -0.2) is 4.98 Å². The number of aryl methyl sites for hydroxylation is 1. The Balaban J connectivity index is 3.12. The fourth-order valence-corrected chi connectivity index (χ4v) is 0.970. The van der Waals surface area contributed by atoms with Gasteiger partial charge in [-0.2, -0.15) is 0 Å². The van der Waals surface area contributed by atoms with Gasteiger partial charge in [0.2, 0.25) is 0 Å². The normalized spacial score (nSPS) is 9.85. The van der Waals surface area contributed by atoms with Crippen molar-refractivity contribution in [2.75, 3.05) is 0 Å². The Hall–Kier alpha value is -1.81. The van der Waals surface area contributed by atoms with Crippen LogP contribution in [0.5, 0.6) is 0 Å². The second kappa shape index (κ2) is 4.27. The number of hydrogen-bond acceptors (Lipinski definition) is 1. The van der Waals surface area contributed by atoms with E-state index >= 15 is 0 Å². The van der Waals surface area contributed by atoms with Crippen LogP contribution in [0, 0.1) is 19.3 Å². The summed E-state index contributed by atoms with van der Waals surface area (Å²) in [5.74, 6) is 2.55. The summed E-state index contributed by atoms with van der Waals surface area (Å²) in [4.78, 5) is 4.17. The number of pyridine rings is 1. The van der Waals surface area contributed by atoms with Crippen molar-refractivity contribution in [1.82, 2.24) is 4.98 Å². The highest BCUT2D eigenvalue weighted by molar-refractivity contribution is 5.55. The van der Waals surface area contributed by atoms with Gasteiger partial charge in [0.05, 0.1) is 0 Å². The monoisotopic (exact) mass is 169 g/mol. The van der Waals surface area contributed by atoms with Crippen LogP contribution in [-0.2, 0) is 0 Å². The highest BCUT2D eigenvalue weighted by Crippen LogP contribution is 2.09. The maximum atomic E-state index is 5.26. The summed E-state index contributed by atoms with van der Waals surface area (Å²) in [5.41, 5.74) is 2.81. The van der Waals surface area contributed by atoms with Gasteiger partial charge in [-0.3, -0.25) is 4.98 Å². The maximum Gasteiger partial charge on any atom is 0.0445 e. The van der Waals surface area contributed by atoms with Crippen molar-refractivity contribution in [3.05, 3.63) is 47.8 Å². The third-order valence-electron chi connectivity index (χ3n) is 1.70. The first kappa shape index (κ1) is 9.28. The number of nitrogens with zero attached hydrogens (tertiary/aromatic N) is 1. The van der Waals surface area contributed by atoms with E-state index in [1.54, 1.807) is 12.3 Å². The molecule has 1 heterocycles. The van der Waals surface area contributed by atoms with Crippen LogP contribution in [0.4, 0.5) is 0 Å². The molecule has 0 aliphatic rings. The van der Waals surface area contributed by atoms with Crippen molar-refractivity contribution in [1.29, 1.82) is 0 Å². The van der Waals surface area contributed by atoms with Gasteiger partial charge in [-0.25, -0.2) is 0 Å². The molecule has 0 atom stereocenters. The summed E-state index contributed by atoms with van der Waals surface area (Å²) in [5, 5.41) is 0. The molecule has 0 saturated carbocycles. The molecule has 0 spiro atoms. The van der Waals surface area contributed by atoms with E-state index in [4.69, 9.17) is 6.42 Å². The Morgan fingerprint density at radius 3 is 3.00 bits per heavy atom. The number of allylic oxidation sites excluding steroid dienone is 2. The molecule has 0 unspecified atom stereocenters. The van der Waals surface area contributed by atoms with Crippen molar-refractivity contribution in [2.24, 2.45) is 0 Å². The lowest BCUT2D eigenvalue weighted by molar-refractivity contribution is 1.18. The largest absolute Gasteiger partial charge is 0.260 e. The zero-order valence-corrected chi connectivity index (χ0v) is 7.62.